The van der Waals surface area contributed by atoms with E-state index in [4.69, 9.17) is 4.74 Å². The van der Waals surface area contributed by atoms with Gasteiger partial charge in [-0.2, -0.15) is 0 Å². The molecule has 5 nitrogen and oxygen atoms in total. The van der Waals surface area contributed by atoms with Crippen molar-refractivity contribution < 1.29 is 14.3 Å². The number of benzene rings is 2. The highest BCUT2D eigenvalue weighted by molar-refractivity contribution is 6.45. The minimum Gasteiger partial charge on any atom is -0.491 e. The number of hydrogen-bond acceptors (Lipinski definition) is 4. The average molecular weight is 390 g/mol. The first-order valence-corrected chi connectivity index (χ1v) is 10.2. The molecule has 0 unspecified atom stereocenters. The first-order chi connectivity index (χ1) is 14.0. The van der Waals surface area contributed by atoms with Gasteiger partial charge in [0.25, 0.3) is 11.8 Å². The van der Waals surface area contributed by atoms with Crippen LogP contribution in [0.15, 0.2) is 54.2 Å². The number of ether oxygens (including phenoxy) is 1. The van der Waals surface area contributed by atoms with Crippen LogP contribution in [0.3, 0.4) is 0 Å². The fraction of sp³-hybridized carbons (Fsp3) is 0.333. The number of likely N-dealkylation sites (tertiary alicyclic amines) is 1. The second-order valence-corrected chi connectivity index (χ2v) is 7.89. The van der Waals surface area contributed by atoms with Gasteiger partial charge in [-0.05, 0) is 63.4 Å². The Balaban J connectivity index is 1.75. The Labute approximate surface area is 171 Å². The molecule has 2 amide bonds. The van der Waals surface area contributed by atoms with Crippen molar-refractivity contribution in [3.63, 3.8) is 0 Å². The Bertz CT molecular complexity index is 953. The summed E-state index contributed by atoms with van der Waals surface area (Å²) in [4.78, 5) is 30.2. The SMILES string of the molecule is Cc1ccc(N2C(=O)C(c3ccc(OC(C)C)cc3)=C(N3CCCC3)C2=O)cc1. The van der Waals surface area contributed by atoms with E-state index in [9.17, 15) is 9.59 Å². The average Bonchev–Trinajstić information content (AvgIpc) is 3.29. The molecule has 2 aromatic rings. The van der Waals surface area contributed by atoms with E-state index >= 15 is 0 Å². The third-order valence-corrected chi connectivity index (χ3v) is 5.29. The quantitative estimate of drug-likeness (QED) is 0.720. The number of rotatable bonds is 5. The lowest BCUT2D eigenvalue weighted by molar-refractivity contribution is -0.120. The number of aryl methyl sites for hydroxylation is 1. The maximum absolute atomic E-state index is 13.4. The Morgan fingerprint density at radius 2 is 1.48 bits per heavy atom. The molecule has 29 heavy (non-hydrogen) atoms. The monoisotopic (exact) mass is 390 g/mol. The van der Waals surface area contributed by atoms with Crippen LogP contribution in [0.4, 0.5) is 5.69 Å². The third kappa shape index (κ3) is 3.65. The lowest BCUT2D eigenvalue weighted by Gasteiger charge is -2.20. The van der Waals surface area contributed by atoms with Crippen LogP contribution in [0.1, 0.15) is 37.8 Å². The molecule has 0 radical (unpaired) electrons. The Morgan fingerprint density at radius 3 is 2.07 bits per heavy atom. The van der Waals surface area contributed by atoms with E-state index in [2.05, 4.69) is 4.90 Å². The molecule has 0 aromatic heterocycles. The van der Waals surface area contributed by atoms with Crippen LogP contribution in [0.5, 0.6) is 5.75 Å². The summed E-state index contributed by atoms with van der Waals surface area (Å²) < 4.78 is 5.72. The first kappa shape index (κ1) is 19.2. The summed E-state index contributed by atoms with van der Waals surface area (Å²) in [6, 6.07) is 14.9. The largest absolute Gasteiger partial charge is 0.491 e. The first-order valence-electron chi connectivity index (χ1n) is 10.2. The molecule has 2 aliphatic heterocycles. The molecule has 4 rings (SSSR count). The Morgan fingerprint density at radius 1 is 0.862 bits per heavy atom. The van der Waals surface area contributed by atoms with Crippen molar-refractivity contribution in [2.24, 2.45) is 0 Å². The van der Waals surface area contributed by atoms with Crippen molar-refractivity contribution in [3.05, 3.63) is 65.4 Å². The van der Waals surface area contributed by atoms with Crippen molar-refractivity contribution in [2.75, 3.05) is 18.0 Å². The molecule has 1 fully saturated rings. The predicted molar refractivity (Wildman–Crippen MR) is 114 cm³/mol. The molecular weight excluding hydrogens is 364 g/mol. The number of imide groups is 1. The van der Waals surface area contributed by atoms with Crippen molar-refractivity contribution in [3.8, 4) is 5.75 Å². The lowest BCUT2D eigenvalue weighted by Crippen LogP contribution is -2.34. The highest BCUT2D eigenvalue weighted by atomic mass is 16.5. The number of hydrogen-bond donors (Lipinski definition) is 0. The zero-order valence-corrected chi connectivity index (χ0v) is 17.1. The summed E-state index contributed by atoms with van der Waals surface area (Å²) >= 11 is 0. The Hall–Kier alpha value is -3.08. The molecule has 1 saturated heterocycles. The van der Waals surface area contributed by atoms with Gasteiger partial charge >= 0.3 is 0 Å². The van der Waals surface area contributed by atoms with Crippen molar-refractivity contribution in [1.82, 2.24) is 4.90 Å². The van der Waals surface area contributed by atoms with Crippen LogP contribution >= 0.6 is 0 Å². The van der Waals surface area contributed by atoms with E-state index in [-0.39, 0.29) is 17.9 Å². The topological polar surface area (TPSA) is 49.9 Å². The molecule has 0 spiro atoms. The van der Waals surface area contributed by atoms with Gasteiger partial charge in [0.1, 0.15) is 11.4 Å². The summed E-state index contributed by atoms with van der Waals surface area (Å²) in [6.07, 6.45) is 2.14. The summed E-state index contributed by atoms with van der Waals surface area (Å²) in [7, 11) is 0. The van der Waals surface area contributed by atoms with Crippen LogP contribution in [-0.2, 0) is 9.59 Å². The molecular formula is C24H26N2O3. The van der Waals surface area contributed by atoms with Crippen LogP contribution in [-0.4, -0.2) is 35.9 Å². The van der Waals surface area contributed by atoms with Crippen LogP contribution in [0.2, 0.25) is 0 Å². The molecule has 0 N–H and O–H groups in total. The number of carbonyl (C=O) groups is 2. The number of carbonyl (C=O) groups excluding carboxylic acids is 2. The minimum atomic E-state index is -0.265. The van der Waals surface area contributed by atoms with Crippen LogP contribution < -0.4 is 9.64 Å². The lowest BCUT2D eigenvalue weighted by atomic mass is 10.0. The normalized spacial score (nSPS) is 17.1. The fourth-order valence-corrected chi connectivity index (χ4v) is 3.91. The van der Waals surface area contributed by atoms with Gasteiger partial charge in [-0.1, -0.05) is 29.8 Å². The molecule has 0 saturated carbocycles. The van der Waals surface area contributed by atoms with Crippen LogP contribution in [0.25, 0.3) is 5.57 Å². The predicted octanol–water partition coefficient (Wildman–Crippen LogP) is 4.16. The summed E-state index contributed by atoms with van der Waals surface area (Å²) in [6.45, 7) is 7.53. The van der Waals surface area contributed by atoms with Gasteiger partial charge in [0.2, 0.25) is 0 Å². The fourth-order valence-electron chi connectivity index (χ4n) is 3.91. The van der Waals surface area contributed by atoms with E-state index in [1.165, 1.54) is 4.90 Å². The maximum Gasteiger partial charge on any atom is 0.282 e. The van der Waals surface area contributed by atoms with Gasteiger partial charge in [0.05, 0.1) is 17.4 Å². The molecule has 0 aliphatic carbocycles. The number of anilines is 1. The van der Waals surface area contributed by atoms with Crippen molar-refractivity contribution >= 4 is 23.1 Å². The summed E-state index contributed by atoms with van der Waals surface area (Å²) in [5.74, 6) is 0.246. The van der Waals surface area contributed by atoms with Gasteiger partial charge in [-0.25, -0.2) is 4.90 Å². The number of nitrogens with zero attached hydrogens (tertiary/aromatic N) is 2. The van der Waals surface area contributed by atoms with E-state index in [0.717, 1.165) is 42.8 Å². The Kier molecular flexibility index (Phi) is 5.14. The minimum absolute atomic E-state index is 0.0759. The molecule has 150 valence electrons. The smallest absolute Gasteiger partial charge is 0.282 e. The van der Waals surface area contributed by atoms with Gasteiger partial charge in [-0.15, -0.1) is 0 Å². The van der Waals surface area contributed by atoms with E-state index in [0.29, 0.717) is 17.0 Å². The van der Waals surface area contributed by atoms with E-state index < -0.39 is 0 Å². The maximum atomic E-state index is 13.4. The zero-order chi connectivity index (χ0) is 20.5. The molecule has 2 aliphatic rings. The second-order valence-electron chi connectivity index (χ2n) is 7.89. The highest BCUT2D eigenvalue weighted by Crippen LogP contribution is 2.36. The van der Waals surface area contributed by atoms with Crippen molar-refractivity contribution in [2.45, 2.75) is 39.7 Å². The van der Waals surface area contributed by atoms with Gasteiger partial charge in [0.15, 0.2) is 0 Å². The van der Waals surface area contributed by atoms with Crippen LogP contribution in [0, 0.1) is 6.92 Å². The van der Waals surface area contributed by atoms with E-state index in [1.807, 2.05) is 69.3 Å². The molecule has 0 bridgehead atoms. The summed E-state index contributed by atoms with van der Waals surface area (Å²) in [5.41, 5.74) is 3.44. The molecule has 0 atom stereocenters. The highest BCUT2D eigenvalue weighted by Gasteiger charge is 2.42. The number of amides is 2. The van der Waals surface area contributed by atoms with E-state index in [1.54, 1.807) is 0 Å². The van der Waals surface area contributed by atoms with Gasteiger partial charge in [-0.3, -0.25) is 9.59 Å². The van der Waals surface area contributed by atoms with Gasteiger partial charge < -0.3 is 9.64 Å². The molecule has 5 heteroatoms. The summed E-state index contributed by atoms with van der Waals surface area (Å²) in [5, 5.41) is 0. The zero-order valence-electron chi connectivity index (χ0n) is 17.1. The molecule has 2 aromatic carbocycles. The second kappa shape index (κ2) is 7.74. The standard InChI is InChI=1S/C24H26N2O3/c1-16(2)29-20-12-8-18(9-13-20)21-22(25-14-4-5-15-25)24(28)26(23(21)27)19-10-6-17(3)7-11-19/h6-13,16H,4-5,14-15H2,1-3H3. The molecule has 2 heterocycles. The third-order valence-electron chi connectivity index (χ3n) is 5.29. The van der Waals surface area contributed by atoms with Gasteiger partial charge in [0, 0.05) is 13.1 Å². The van der Waals surface area contributed by atoms with Crippen molar-refractivity contribution in [1.29, 1.82) is 0 Å².